The summed E-state index contributed by atoms with van der Waals surface area (Å²) < 4.78 is 33.6. The zero-order valence-electron chi connectivity index (χ0n) is 15.3. The van der Waals surface area contributed by atoms with Crippen LogP contribution in [0.1, 0.15) is 42.5 Å². The summed E-state index contributed by atoms with van der Waals surface area (Å²) in [6.07, 6.45) is 3.74. The second kappa shape index (κ2) is 9.39. The first kappa shape index (κ1) is 22.2. The molecule has 1 unspecified atom stereocenters. The molecule has 158 valence electrons. The SMILES string of the molecule is O=C(O)C(F)(F)F.O=C(O)CCC1CCCCN1C(=O)c1ccc2nccn2c1. The Morgan fingerprint density at radius 2 is 1.86 bits per heavy atom. The monoisotopic (exact) mass is 415 g/mol. The average Bonchev–Trinajstić information content (AvgIpc) is 3.13. The zero-order valence-corrected chi connectivity index (χ0v) is 15.3. The normalized spacial score (nSPS) is 16.8. The maximum Gasteiger partial charge on any atom is 0.490 e. The number of carbonyl (C=O) groups excluding carboxylic acids is 1. The Labute approximate surface area is 163 Å². The lowest BCUT2D eigenvalue weighted by molar-refractivity contribution is -0.192. The molecule has 1 amide bonds. The molecule has 0 aromatic carbocycles. The van der Waals surface area contributed by atoms with Gasteiger partial charge in [-0.1, -0.05) is 0 Å². The van der Waals surface area contributed by atoms with Gasteiger partial charge in [-0.25, -0.2) is 9.78 Å². The molecular weight excluding hydrogens is 395 g/mol. The van der Waals surface area contributed by atoms with Crippen molar-refractivity contribution in [2.75, 3.05) is 6.54 Å². The molecule has 1 fully saturated rings. The number of likely N-dealkylation sites (tertiary alicyclic amines) is 1. The fraction of sp³-hybridized carbons (Fsp3) is 0.444. The molecule has 0 aliphatic carbocycles. The van der Waals surface area contributed by atoms with Gasteiger partial charge in [-0.2, -0.15) is 13.2 Å². The number of carboxylic acid groups (broad SMARTS) is 2. The van der Waals surface area contributed by atoms with E-state index in [2.05, 4.69) is 4.98 Å². The summed E-state index contributed by atoms with van der Waals surface area (Å²) >= 11 is 0. The lowest BCUT2D eigenvalue weighted by atomic mass is 9.97. The number of pyridine rings is 1. The first-order valence-electron chi connectivity index (χ1n) is 8.85. The van der Waals surface area contributed by atoms with Crippen LogP contribution in [0.2, 0.25) is 0 Å². The number of amides is 1. The number of aromatic nitrogens is 2. The molecular formula is C18H20F3N3O5. The Bertz CT molecular complexity index is 881. The number of aliphatic carboxylic acids is 2. The third kappa shape index (κ3) is 6.19. The molecule has 11 heteroatoms. The number of carbonyl (C=O) groups is 3. The van der Waals surface area contributed by atoms with Crippen molar-refractivity contribution < 1.29 is 37.8 Å². The quantitative estimate of drug-likeness (QED) is 0.794. The largest absolute Gasteiger partial charge is 0.490 e. The number of hydrogen-bond acceptors (Lipinski definition) is 4. The van der Waals surface area contributed by atoms with Gasteiger partial charge in [0.2, 0.25) is 0 Å². The second-order valence-electron chi connectivity index (χ2n) is 6.49. The standard InChI is InChI=1S/C16H19N3O3.C2HF3O2/c20-15(21)7-5-13-3-1-2-9-19(13)16(22)12-4-6-14-17-8-10-18(14)11-12;3-2(4,5)1(6)7/h4,6,8,10-11,13H,1-3,5,7,9H2,(H,20,21);(H,6,7). The molecule has 1 saturated heterocycles. The molecule has 3 rings (SSSR count). The van der Waals surface area contributed by atoms with E-state index in [1.54, 1.807) is 18.5 Å². The van der Waals surface area contributed by atoms with Crippen molar-refractivity contribution in [1.82, 2.24) is 14.3 Å². The first-order valence-corrected chi connectivity index (χ1v) is 8.85. The molecule has 2 aromatic heterocycles. The molecule has 29 heavy (non-hydrogen) atoms. The van der Waals surface area contributed by atoms with Gasteiger partial charge in [-0.15, -0.1) is 0 Å². The fourth-order valence-corrected chi connectivity index (χ4v) is 3.07. The number of hydrogen-bond donors (Lipinski definition) is 2. The number of nitrogens with zero attached hydrogens (tertiary/aromatic N) is 3. The Morgan fingerprint density at radius 3 is 2.48 bits per heavy atom. The van der Waals surface area contributed by atoms with E-state index in [0.29, 0.717) is 18.5 Å². The fourth-order valence-electron chi connectivity index (χ4n) is 3.07. The molecule has 0 saturated carbocycles. The second-order valence-corrected chi connectivity index (χ2v) is 6.49. The van der Waals surface area contributed by atoms with Crippen molar-refractivity contribution in [3.05, 3.63) is 36.3 Å². The average molecular weight is 415 g/mol. The van der Waals surface area contributed by atoms with Crippen LogP contribution in [-0.4, -0.2) is 61.1 Å². The van der Waals surface area contributed by atoms with Crippen molar-refractivity contribution in [3.63, 3.8) is 0 Å². The van der Waals surface area contributed by atoms with Crippen LogP contribution in [0.4, 0.5) is 13.2 Å². The van der Waals surface area contributed by atoms with Gasteiger partial charge < -0.3 is 19.5 Å². The zero-order chi connectivity index (χ0) is 21.6. The number of rotatable bonds is 4. The van der Waals surface area contributed by atoms with Crippen molar-refractivity contribution in [3.8, 4) is 0 Å². The third-order valence-electron chi connectivity index (χ3n) is 4.46. The van der Waals surface area contributed by atoms with Gasteiger partial charge in [-0.05, 0) is 37.8 Å². The highest BCUT2D eigenvalue weighted by atomic mass is 19.4. The van der Waals surface area contributed by atoms with Gasteiger partial charge in [0.15, 0.2) is 0 Å². The molecule has 0 radical (unpaired) electrons. The van der Waals surface area contributed by atoms with Crippen LogP contribution in [0.5, 0.6) is 0 Å². The van der Waals surface area contributed by atoms with Crippen LogP contribution in [0, 0.1) is 0 Å². The van der Waals surface area contributed by atoms with E-state index >= 15 is 0 Å². The van der Waals surface area contributed by atoms with Gasteiger partial charge in [0.25, 0.3) is 5.91 Å². The minimum Gasteiger partial charge on any atom is -0.481 e. The van der Waals surface area contributed by atoms with Crippen LogP contribution in [0.3, 0.4) is 0 Å². The van der Waals surface area contributed by atoms with Crippen LogP contribution in [-0.2, 0) is 9.59 Å². The van der Waals surface area contributed by atoms with Crippen molar-refractivity contribution in [2.24, 2.45) is 0 Å². The Kier molecular flexibility index (Phi) is 7.18. The van der Waals surface area contributed by atoms with Gasteiger partial charge >= 0.3 is 18.1 Å². The summed E-state index contributed by atoms with van der Waals surface area (Å²) in [5.41, 5.74) is 1.42. The number of imidazole rings is 1. The maximum atomic E-state index is 12.8. The van der Waals surface area contributed by atoms with Crippen LogP contribution < -0.4 is 0 Å². The summed E-state index contributed by atoms with van der Waals surface area (Å²) in [5, 5.41) is 16.0. The predicted molar refractivity (Wildman–Crippen MR) is 94.4 cm³/mol. The van der Waals surface area contributed by atoms with E-state index < -0.39 is 18.1 Å². The van der Waals surface area contributed by atoms with Crippen molar-refractivity contribution in [2.45, 2.75) is 44.3 Å². The molecule has 0 bridgehead atoms. The van der Waals surface area contributed by atoms with Gasteiger partial charge in [0.05, 0.1) is 5.56 Å². The van der Waals surface area contributed by atoms with Gasteiger partial charge in [0.1, 0.15) is 5.65 Å². The van der Waals surface area contributed by atoms with E-state index in [9.17, 15) is 22.8 Å². The van der Waals surface area contributed by atoms with Gasteiger partial charge in [0, 0.05) is 37.6 Å². The summed E-state index contributed by atoms with van der Waals surface area (Å²) in [7, 11) is 0. The summed E-state index contributed by atoms with van der Waals surface area (Å²) in [5.74, 6) is -3.59. The summed E-state index contributed by atoms with van der Waals surface area (Å²) in [6.45, 7) is 0.699. The minimum absolute atomic E-state index is 0.0225. The molecule has 1 atom stereocenters. The molecule has 2 N–H and O–H groups in total. The molecule has 1 aliphatic heterocycles. The smallest absolute Gasteiger partial charge is 0.481 e. The van der Waals surface area contributed by atoms with E-state index in [-0.39, 0.29) is 18.4 Å². The molecule has 3 heterocycles. The van der Waals surface area contributed by atoms with E-state index in [4.69, 9.17) is 15.0 Å². The number of alkyl halides is 3. The number of fused-ring (bicyclic) bond motifs is 1. The van der Waals surface area contributed by atoms with Crippen LogP contribution >= 0.6 is 0 Å². The van der Waals surface area contributed by atoms with E-state index in [1.807, 2.05) is 21.6 Å². The Morgan fingerprint density at radius 1 is 1.17 bits per heavy atom. The van der Waals surface area contributed by atoms with Crippen molar-refractivity contribution >= 4 is 23.5 Å². The predicted octanol–water partition coefficient (Wildman–Crippen LogP) is 2.83. The highest BCUT2D eigenvalue weighted by Gasteiger charge is 2.38. The minimum atomic E-state index is -5.08. The molecule has 0 spiro atoms. The third-order valence-corrected chi connectivity index (χ3v) is 4.46. The van der Waals surface area contributed by atoms with Crippen LogP contribution in [0.15, 0.2) is 30.7 Å². The summed E-state index contributed by atoms with van der Waals surface area (Å²) in [4.78, 5) is 38.5. The first-order chi connectivity index (χ1) is 13.6. The number of piperidine rings is 1. The highest BCUT2D eigenvalue weighted by Crippen LogP contribution is 2.23. The molecule has 8 nitrogen and oxygen atoms in total. The Balaban J connectivity index is 0.000000370. The van der Waals surface area contributed by atoms with Gasteiger partial charge in [-0.3, -0.25) is 9.59 Å². The Hall–Kier alpha value is -3.11. The van der Waals surface area contributed by atoms with Crippen LogP contribution in [0.25, 0.3) is 5.65 Å². The van der Waals surface area contributed by atoms with Crippen molar-refractivity contribution in [1.29, 1.82) is 0 Å². The molecule has 1 aliphatic rings. The van der Waals surface area contributed by atoms with E-state index in [1.165, 1.54) is 0 Å². The number of carboxylic acids is 2. The maximum absolute atomic E-state index is 12.8. The summed E-state index contributed by atoms with van der Waals surface area (Å²) in [6, 6.07) is 3.63. The lowest BCUT2D eigenvalue weighted by Gasteiger charge is -2.35. The number of halogens is 3. The topological polar surface area (TPSA) is 112 Å². The molecule has 2 aromatic rings. The lowest BCUT2D eigenvalue weighted by Crippen LogP contribution is -2.44. The highest BCUT2D eigenvalue weighted by molar-refractivity contribution is 5.94. The van der Waals surface area contributed by atoms with E-state index in [0.717, 1.165) is 24.9 Å².